The zero-order valence-corrected chi connectivity index (χ0v) is 10.1. The van der Waals surface area contributed by atoms with Crippen LogP contribution >= 0.6 is 23.2 Å². The molecular weight excluding hydrogens is 257 g/mol. The van der Waals surface area contributed by atoms with Crippen LogP contribution in [0, 0.1) is 11.3 Å². The topological polar surface area (TPSA) is 44.0 Å². The highest BCUT2D eigenvalue weighted by atomic mass is 35.5. The van der Waals surface area contributed by atoms with E-state index in [4.69, 9.17) is 28.5 Å². The fourth-order valence-corrected chi connectivity index (χ4v) is 1.78. The van der Waals surface area contributed by atoms with Gasteiger partial charge in [0.1, 0.15) is 11.8 Å². The van der Waals surface area contributed by atoms with Crippen molar-refractivity contribution >= 4 is 23.2 Å². The Morgan fingerprint density at radius 2 is 1.59 bits per heavy atom. The average Bonchev–Trinajstić information content (AvgIpc) is 2.32. The molecule has 0 saturated carbocycles. The third kappa shape index (κ3) is 2.36. The lowest BCUT2D eigenvalue weighted by atomic mass is 10.0. The Kier molecular flexibility index (Phi) is 3.23. The molecule has 0 aliphatic heterocycles. The third-order valence-electron chi connectivity index (χ3n) is 2.37. The number of rotatable bonds is 1. The zero-order chi connectivity index (χ0) is 12.4. The number of phenolic OH excluding ortho intramolecular Hbond substituents is 1. The van der Waals surface area contributed by atoms with E-state index >= 15 is 0 Å². The van der Waals surface area contributed by atoms with Crippen LogP contribution in [0.25, 0.3) is 11.1 Å². The number of hydrogen-bond acceptors (Lipinski definition) is 2. The number of nitrogens with zero attached hydrogens (tertiary/aromatic N) is 1. The highest BCUT2D eigenvalue weighted by Crippen LogP contribution is 2.30. The van der Waals surface area contributed by atoms with E-state index in [1.165, 1.54) is 6.07 Å². The molecule has 0 aliphatic carbocycles. The number of benzene rings is 2. The van der Waals surface area contributed by atoms with Gasteiger partial charge in [-0.2, -0.15) is 5.26 Å². The molecule has 0 aromatic heterocycles. The molecule has 17 heavy (non-hydrogen) atoms. The third-order valence-corrected chi connectivity index (χ3v) is 3.11. The molecule has 0 unspecified atom stereocenters. The van der Waals surface area contributed by atoms with E-state index in [1.807, 2.05) is 6.07 Å². The minimum atomic E-state index is -0.0453. The van der Waals surface area contributed by atoms with Gasteiger partial charge in [-0.1, -0.05) is 35.3 Å². The molecule has 0 atom stereocenters. The maximum atomic E-state index is 9.60. The van der Waals surface area contributed by atoms with Crippen LogP contribution in [0.5, 0.6) is 5.75 Å². The van der Waals surface area contributed by atoms with E-state index in [9.17, 15) is 5.11 Å². The summed E-state index contributed by atoms with van der Waals surface area (Å²) in [5.74, 6) is -0.0453. The molecule has 84 valence electrons. The average molecular weight is 264 g/mol. The van der Waals surface area contributed by atoms with Gasteiger partial charge in [0, 0.05) is 0 Å². The molecule has 0 aliphatic rings. The van der Waals surface area contributed by atoms with E-state index in [2.05, 4.69) is 0 Å². The Morgan fingerprint density at radius 3 is 2.18 bits per heavy atom. The Balaban J connectivity index is 2.50. The summed E-state index contributed by atoms with van der Waals surface area (Å²) in [6, 6.07) is 11.9. The second-order valence-corrected chi connectivity index (χ2v) is 4.29. The molecule has 2 nitrogen and oxygen atoms in total. The number of halogens is 2. The van der Waals surface area contributed by atoms with Gasteiger partial charge in [-0.3, -0.25) is 0 Å². The minimum Gasteiger partial charge on any atom is -0.507 e. The lowest BCUT2D eigenvalue weighted by Gasteiger charge is -2.05. The molecule has 0 fully saturated rings. The second-order valence-electron chi connectivity index (χ2n) is 3.47. The van der Waals surface area contributed by atoms with Crippen LogP contribution in [0.15, 0.2) is 36.4 Å². The SMILES string of the molecule is N#Cc1ccc(-c2ccc(Cl)c(Cl)c2)cc1O. The predicted molar refractivity (Wildman–Crippen MR) is 68.3 cm³/mol. The van der Waals surface area contributed by atoms with Gasteiger partial charge < -0.3 is 5.11 Å². The summed E-state index contributed by atoms with van der Waals surface area (Å²) in [6.07, 6.45) is 0. The van der Waals surface area contributed by atoms with Crippen molar-refractivity contribution in [2.45, 2.75) is 0 Å². The summed E-state index contributed by atoms with van der Waals surface area (Å²) in [5, 5.41) is 19.2. The smallest absolute Gasteiger partial charge is 0.133 e. The van der Waals surface area contributed by atoms with Crippen molar-refractivity contribution in [2.75, 3.05) is 0 Å². The van der Waals surface area contributed by atoms with Gasteiger partial charge in [0.2, 0.25) is 0 Å². The Bertz CT molecular complexity index is 617. The summed E-state index contributed by atoms with van der Waals surface area (Å²) in [5.41, 5.74) is 1.85. The van der Waals surface area contributed by atoms with Gasteiger partial charge >= 0.3 is 0 Å². The molecular formula is C13H7Cl2NO. The number of nitriles is 1. The summed E-state index contributed by atoms with van der Waals surface area (Å²) in [4.78, 5) is 0. The molecule has 2 rings (SSSR count). The van der Waals surface area contributed by atoms with Crippen LogP contribution in [0.3, 0.4) is 0 Å². The number of phenols is 1. The van der Waals surface area contributed by atoms with E-state index in [0.29, 0.717) is 10.0 Å². The van der Waals surface area contributed by atoms with Crippen LogP contribution in [-0.2, 0) is 0 Å². The largest absolute Gasteiger partial charge is 0.507 e. The van der Waals surface area contributed by atoms with Crippen molar-refractivity contribution in [2.24, 2.45) is 0 Å². The molecule has 1 N–H and O–H groups in total. The van der Waals surface area contributed by atoms with E-state index in [0.717, 1.165) is 11.1 Å². The summed E-state index contributed by atoms with van der Waals surface area (Å²) >= 11 is 11.7. The van der Waals surface area contributed by atoms with Crippen molar-refractivity contribution in [3.8, 4) is 22.9 Å². The summed E-state index contributed by atoms with van der Waals surface area (Å²) in [6.45, 7) is 0. The van der Waals surface area contributed by atoms with Crippen molar-refractivity contribution in [1.29, 1.82) is 5.26 Å². The zero-order valence-electron chi connectivity index (χ0n) is 8.61. The second kappa shape index (κ2) is 4.67. The first-order valence-corrected chi connectivity index (χ1v) is 5.56. The number of hydrogen-bond donors (Lipinski definition) is 1. The summed E-state index contributed by atoms with van der Waals surface area (Å²) < 4.78 is 0. The highest BCUT2D eigenvalue weighted by Gasteiger charge is 2.05. The Labute approximate surface area is 109 Å². The van der Waals surface area contributed by atoms with Crippen LogP contribution < -0.4 is 0 Å². The quantitative estimate of drug-likeness (QED) is 0.837. The minimum absolute atomic E-state index is 0.0453. The maximum absolute atomic E-state index is 9.60. The van der Waals surface area contributed by atoms with E-state index in [-0.39, 0.29) is 11.3 Å². The lowest BCUT2D eigenvalue weighted by molar-refractivity contribution is 0.474. The van der Waals surface area contributed by atoms with Crippen LogP contribution in [0.4, 0.5) is 0 Å². The van der Waals surface area contributed by atoms with Gasteiger partial charge in [-0.15, -0.1) is 0 Å². The molecule has 0 saturated heterocycles. The molecule has 0 radical (unpaired) electrons. The van der Waals surface area contributed by atoms with Crippen molar-refractivity contribution in [3.05, 3.63) is 52.0 Å². The Hall–Kier alpha value is -1.69. The highest BCUT2D eigenvalue weighted by molar-refractivity contribution is 6.42. The van der Waals surface area contributed by atoms with Crippen LogP contribution in [-0.4, -0.2) is 5.11 Å². The first-order chi connectivity index (χ1) is 8.11. The molecule has 2 aromatic rings. The molecule has 0 heterocycles. The normalized spacial score (nSPS) is 9.94. The van der Waals surface area contributed by atoms with Crippen LogP contribution in [0.2, 0.25) is 10.0 Å². The van der Waals surface area contributed by atoms with Gasteiger partial charge in [0.25, 0.3) is 0 Å². The Morgan fingerprint density at radius 1 is 0.941 bits per heavy atom. The first kappa shape index (κ1) is 11.8. The first-order valence-electron chi connectivity index (χ1n) is 4.80. The van der Waals surface area contributed by atoms with E-state index in [1.54, 1.807) is 30.3 Å². The number of aromatic hydroxyl groups is 1. The monoisotopic (exact) mass is 263 g/mol. The fraction of sp³-hybridized carbons (Fsp3) is 0. The lowest BCUT2D eigenvalue weighted by Crippen LogP contribution is -1.81. The van der Waals surface area contributed by atoms with Gasteiger partial charge in [-0.25, -0.2) is 0 Å². The summed E-state index contributed by atoms with van der Waals surface area (Å²) in [7, 11) is 0. The molecule has 4 heteroatoms. The van der Waals surface area contributed by atoms with E-state index < -0.39 is 0 Å². The van der Waals surface area contributed by atoms with Gasteiger partial charge in [0.15, 0.2) is 0 Å². The molecule has 0 bridgehead atoms. The van der Waals surface area contributed by atoms with Crippen molar-refractivity contribution in [3.63, 3.8) is 0 Å². The van der Waals surface area contributed by atoms with Crippen LogP contribution in [0.1, 0.15) is 5.56 Å². The molecule has 2 aromatic carbocycles. The molecule has 0 amide bonds. The van der Waals surface area contributed by atoms with Gasteiger partial charge in [-0.05, 0) is 35.4 Å². The maximum Gasteiger partial charge on any atom is 0.133 e. The van der Waals surface area contributed by atoms with Crippen molar-refractivity contribution in [1.82, 2.24) is 0 Å². The molecule has 0 spiro atoms. The van der Waals surface area contributed by atoms with Gasteiger partial charge in [0.05, 0.1) is 15.6 Å². The van der Waals surface area contributed by atoms with Crippen molar-refractivity contribution < 1.29 is 5.11 Å². The predicted octanol–water partition coefficient (Wildman–Crippen LogP) is 4.24. The standard InChI is InChI=1S/C13H7Cl2NO/c14-11-4-3-8(5-12(11)15)9-1-2-10(7-16)13(17)6-9/h1-6,17H. The fourth-order valence-electron chi connectivity index (χ4n) is 1.48.